The first-order valence-corrected chi connectivity index (χ1v) is 10.4. The summed E-state index contributed by atoms with van der Waals surface area (Å²) in [7, 11) is -1.59. The van der Waals surface area contributed by atoms with Crippen molar-refractivity contribution in [2.75, 3.05) is 13.1 Å². The summed E-state index contributed by atoms with van der Waals surface area (Å²) < 4.78 is 6.11. The first-order valence-electron chi connectivity index (χ1n) is 7.04. The minimum atomic E-state index is -1.59. The van der Waals surface area contributed by atoms with E-state index in [-0.39, 0.29) is 0 Å². The van der Waals surface area contributed by atoms with Crippen LogP contribution < -0.4 is 4.43 Å². The lowest BCUT2D eigenvalue weighted by molar-refractivity contribution is 0.515. The topological polar surface area (TPSA) is 24.8 Å². The van der Waals surface area contributed by atoms with Crippen molar-refractivity contribution in [1.29, 1.82) is 0 Å². The SMILES string of the molecule is CC(=Nc1ccccc1O[Si](C)(C)C)N1CCCC1. The van der Waals surface area contributed by atoms with Crippen LogP contribution in [0.25, 0.3) is 0 Å². The fourth-order valence-corrected chi connectivity index (χ4v) is 3.08. The van der Waals surface area contributed by atoms with Gasteiger partial charge in [0.05, 0.1) is 0 Å². The first-order chi connectivity index (χ1) is 8.96. The molecule has 104 valence electrons. The maximum Gasteiger partial charge on any atom is 0.242 e. The molecule has 0 amide bonds. The zero-order valence-corrected chi connectivity index (χ0v) is 13.4. The van der Waals surface area contributed by atoms with Gasteiger partial charge in [0.25, 0.3) is 0 Å². The number of para-hydroxylation sites is 2. The van der Waals surface area contributed by atoms with Gasteiger partial charge in [-0.05, 0) is 51.5 Å². The smallest absolute Gasteiger partial charge is 0.242 e. The molecular weight excluding hydrogens is 252 g/mol. The van der Waals surface area contributed by atoms with Crippen molar-refractivity contribution in [1.82, 2.24) is 4.90 Å². The normalized spacial score (nSPS) is 16.8. The molecule has 1 saturated heterocycles. The molecule has 3 nitrogen and oxygen atoms in total. The third kappa shape index (κ3) is 4.09. The van der Waals surface area contributed by atoms with Crippen LogP contribution in [0.15, 0.2) is 29.3 Å². The molecule has 0 saturated carbocycles. The van der Waals surface area contributed by atoms with Crippen molar-refractivity contribution in [3.05, 3.63) is 24.3 Å². The lowest BCUT2D eigenvalue weighted by Gasteiger charge is -2.21. The van der Waals surface area contributed by atoms with Crippen molar-refractivity contribution < 1.29 is 4.43 Å². The molecular formula is C15H24N2OSi. The van der Waals surface area contributed by atoms with Gasteiger partial charge < -0.3 is 9.33 Å². The molecule has 0 radical (unpaired) electrons. The Morgan fingerprint density at radius 2 is 1.79 bits per heavy atom. The summed E-state index contributed by atoms with van der Waals surface area (Å²) in [5, 5.41) is 0. The number of likely N-dealkylation sites (tertiary alicyclic amines) is 1. The number of nitrogens with zero attached hydrogens (tertiary/aromatic N) is 2. The molecule has 1 aromatic rings. The fraction of sp³-hybridized carbons (Fsp3) is 0.533. The minimum Gasteiger partial charge on any atom is -0.543 e. The van der Waals surface area contributed by atoms with Crippen LogP contribution in [-0.4, -0.2) is 32.1 Å². The van der Waals surface area contributed by atoms with E-state index in [4.69, 9.17) is 9.42 Å². The number of rotatable bonds is 3. The minimum absolute atomic E-state index is 0.917. The molecule has 1 aliphatic heterocycles. The van der Waals surface area contributed by atoms with E-state index >= 15 is 0 Å². The zero-order valence-electron chi connectivity index (χ0n) is 12.4. The standard InChI is InChI=1S/C15H24N2OSi/c1-13(17-11-7-8-12-17)16-14-9-5-6-10-15(14)18-19(2,3)4/h5-6,9-10H,7-8,11-12H2,1-4H3. The second kappa shape index (κ2) is 5.78. The predicted molar refractivity (Wildman–Crippen MR) is 84.0 cm³/mol. The average Bonchev–Trinajstić information content (AvgIpc) is 2.83. The molecule has 0 aromatic heterocycles. The van der Waals surface area contributed by atoms with Crippen LogP contribution in [0.3, 0.4) is 0 Å². The van der Waals surface area contributed by atoms with Gasteiger partial charge in [0.15, 0.2) is 0 Å². The van der Waals surface area contributed by atoms with E-state index in [1.165, 1.54) is 12.8 Å². The monoisotopic (exact) mass is 276 g/mol. The highest BCUT2D eigenvalue weighted by molar-refractivity contribution is 6.70. The fourth-order valence-electron chi connectivity index (χ4n) is 2.25. The highest BCUT2D eigenvalue weighted by Crippen LogP contribution is 2.29. The lowest BCUT2D eigenvalue weighted by atomic mass is 10.3. The average molecular weight is 276 g/mol. The Kier molecular flexibility index (Phi) is 4.30. The van der Waals surface area contributed by atoms with E-state index in [9.17, 15) is 0 Å². The van der Waals surface area contributed by atoms with Gasteiger partial charge in [0.1, 0.15) is 17.3 Å². The van der Waals surface area contributed by atoms with E-state index in [2.05, 4.69) is 31.5 Å². The number of amidine groups is 1. The highest BCUT2D eigenvalue weighted by Gasteiger charge is 2.18. The van der Waals surface area contributed by atoms with Crippen LogP contribution in [0.2, 0.25) is 19.6 Å². The molecule has 1 aliphatic rings. The van der Waals surface area contributed by atoms with E-state index < -0.39 is 8.32 Å². The van der Waals surface area contributed by atoms with E-state index in [0.29, 0.717) is 0 Å². The van der Waals surface area contributed by atoms with Gasteiger partial charge in [-0.15, -0.1) is 0 Å². The van der Waals surface area contributed by atoms with Gasteiger partial charge in [-0.3, -0.25) is 0 Å². The summed E-state index contributed by atoms with van der Waals surface area (Å²) in [6.07, 6.45) is 2.56. The van der Waals surface area contributed by atoms with Crippen molar-refractivity contribution in [2.24, 2.45) is 4.99 Å². The third-order valence-electron chi connectivity index (χ3n) is 3.13. The van der Waals surface area contributed by atoms with Gasteiger partial charge in [-0.2, -0.15) is 0 Å². The quantitative estimate of drug-likeness (QED) is 0.473. The molecule has 0 unspecified atom stereocenters. The summed E-state index contributed by atoms with van der Waals surface area (Å²) in [6.45, 7) is 10.9. The van der Waals surface area contributed by atoms with Crippen molar-refractivity contribution >= 4 is 19.8 Å². The van der Waals surface area contributed by atoms with E-state index in [1.807, 2.05) is 24.3 Å². The molecule has 0 N–H and O–H groups in total. The molecule has 1 aromatic carbocycles. The molecule has 0 atom stereocenters. The maximum atomic E-state index is 6.11. The Hall–Kier alpha value is -1.29. The van der Waals surface area contributed by atoms with Crippen LogP contribution in [0, 0.1) is 0 Å². The molecule has 19 heavy (non-hydrogen) atoms. The summed E-state index contributed by atoms with van der Waals surface area (Å²) in [6, 6.07) is 8.09. The largest absolute Gasteiger partial charge is 0.543 e. The molecule has 0 bridgehead atoms. The molecule has 1 fully saturated rings. The Morgan fingerprint density at radius 1 is 1.16 bits per heavy atom. The number of hydrogen-bond acceptors (Lipinski definition) is 2. The maximum absolute atomic E-state index is 6.11. The van der Waals surface area contributed by atoms with Gasteiger partial charge in [-0.25, -0.2) is 4.99 Å². The van der Waals surface area contributed by atoms with E-state index in [1.54, 1.807) is 0 Å². The Bertz CT molecular complexity index is 459. The van der Waals surface area contributed by atoms with Crippen molar-refractivity contribution in [3.63, 3.8) is 0 Å². The summed E-state index contributed by atoms with van der Waals surface area (Å²) in [5.74, 6) is 2.02. The third-order valence-corrected chi connectivity index (χ3v) is 3.96. The molecule has 0 aliphatic carbocycles. The predicted octanol–water partition coefficient (Wildman–Crippen LogP) is 4.05. The zero-order chi connectivity index (χ0) is 13.9. The lowest BCUT2D eigenvalue weighted by Crippen LogP contribution is -2.29. The second-order valence-corrected chi connectivity index (χ2v) is 10.5. The molecule has 0 spiro atoms. The van der Waals surface area contributed by atoms with Crippen LogP contribution in [-0.2, 0) is 0 Å². The van der Waals surface area contributed by atoms with E-state index in [0.717, 1.165) is 30.4 Å². The van der Waals surface area contributed by atoms with Gasteiger partial charge in [0, 0.05) is 13.1 Å². The summed E-state index contributed by atoms with van der Waals surface area (Å²) in [4.78, 5) is 7.12. The highest BCUT2D eigenvalue weighted by atomic mass is 28.4. The number of hydrogen-bond donors (Lipinski definition) is 0. The molecule has 4 heteroatoms. The van der Waals surface area contributed by atoms with Crippen LogP contribution in [0.4, 0.5) is 5.69 Å². The Balaban J connectivity index is 2.21. The molecule has 2 rings (SSSR count). The summed E-state index contributed by atoms with van der Waals surface area (Å²) >= 11 is 0. The van der Waals surface area contributed by atoms with Gasteiger partial charge in [-0.1, -0.05) is 12.1 Å². The van der Waals surface area contributed by atoms with Crippen LogP contribution >= 0.6 is 0 Å². The number of aliphatic imine (C=N–C) groups is 1. The van der Waals surface area contributed by atoms with Crippen LogP contribution in [0.5, 0.6) is 5.75 Å². The van der Waals surface area contributed by atoms with Crippen molar-refractivity contribution in [2.45, 2.75) is 39.4 Å². The second-order valence-electron chi connectivity index (χ2n) is 6.04. The Labute approximate surface area is 117 Å². The van der Waals surface area contributed by atoms with Gasteiger partial charge in [0.2, 0.25) is 8.32 Å². The molecule has 1 heterocycles. The number of benzene rings is 1. The Morgan fingerprint density at radius 3 is 2.42 bits per heavy atom. The summed E-state index contributed by atoms with van der Waals surface area (Å²) in [5.41, 5.74) is 0.953. The van der Waals surface area contributed by atoms with Gasteiger partial charge >= 0.3 is 0 Å². The first kappa shape index (κ1) is 14.1. The van der Waals surface area contributed by atoms with Crippen molar-refractivity contribution in [3.8, 4) is 5.75 Å². The van der Waals surface area contributed by atoms with Crippen LogP contribution in [0.1, 0.15) is 19.8 Å².